The first-order valence-electron chi connectivity index (χ1n) is 4.63. The topological polar surface area (TPSA) is 30.2 Å². The van der Waals surface area contributed by atoms with Gasteiger partial charge in [-0.3, -0.25) is 4.79 Å². The first-order chi connectivity index (χ1) is 7.59. The van der Waals surface area contributed by atoms with Crippen LogP contribution in [0.4, 0.5) is 4.39 Å². The lowest BCUT2D eigenvalue weighted by Gasteiger charge is -2.02. The fourth-order valence-electron chi connectivity index (χ4n) is 1.39. The molecular formula is C12H8BrFO2. The molecule has 0 radical (unpaired) electrons. The van der Waals surface area contributed by atoms with Crippen molar-refractivity contribution < 1.29 is 13.6 Å². The first kappa shape index (κ1) is 11.1. The Morgan fingerprint density at radius 2 is 2.12 bits per heavy atom. The van der Waals surface area contributed by atoms with Crippen LogP contribution in [-0.2, 0) is 0 Å². The Bertz CT molecular complexity index is 546. The van der Waals surface area contributed by atoms with E-state index >= 15 is 0 Å². The Morgan fingerprint density at radius 1 is 1.38 bits per heavy atom. The highest BCUT2D eigenvalue weighted by Gasteiger charge is 2.19. The number of rotatable bonds is 2. The molecular weight excluding hydrogens is 275 g/mol. The third kappa shape index (κ3) is 1.93. The van der Waals surface area contributed by atoms with Gasteiger partial charge in [-0.05, 0) is 41.1 Å². The molecule has 4 heteroatoms. The van der Waals surface area contributed by atoms with Gasteiger partial charge in [-0.1, -0.05) is 11.6 Å². The summed E-state index contributed by atoms with van der Waals surface area (Å²) in [6.45, 7) is 1.80. The molecule has 0 fully saturated rings. The van der Waals surface area contributed by atoms with Crippen LogP contribution in [-0.4, -0.2) is 5.78 Å². The molecule has 0 N–H and O–H groups in total. The molecule has 0 amide bonds. The Balaban J connectivity index is 2.49. The van der Waals surface area contributed by atoms with Crippen molar-refractivity contribution >= 4 is 21.7 Å². The summed E-state index contributed by atoms with van der Waals surface area (Å²) in [5, 5.41) is 0. The second-order valence-corrected chi connectivity index (χ2v) is 4.26. The molecule has 0 saturated heterocycles. The monoisotopic (exact) mass is 282 g/mol. The molecule has 2 rings (SSSR count). The van der Waals surface area contributed by atoms with Crippen LogP contribution < -0.4 is 0 Å². The van der Waals surface area contributed by atoms with Crippen LogP contribution in [0.3, 0.4) is 0 Å². The van der Waals surface area contributed by atoms with E-state index in [0.29, 0.717) is 4.47 Å². The van der Waals surface area contributed by atoms with Crippen LogP contribution in [0.5, 0.6) is 0 Å². The maximum Gasteiger partial charge on any atom is 0.232 e. The van der Waals surface area contributed by atoms with Crippen molar-refractivity contribution in [2.24, 2.45) is 0 Å². The Hall–Kier alpha value is -1.42. The van der Waals surface area contributed by atoms with Gasteiger partial charge in [0.1, 0.15) is 5.82 Å². The van der Waals surface area contributed by atoms with Crippen LogP contribution in [0.15, 0.2) is 39.4 Å². The number of halogens is 2. The minimum Gasteiger partial charge on any atom is -0.460 e. The molecule has 0 bridgehead atoms. The molecule has 0 saturated carbocycles. The summed E-state index contributed by atoms with van der Waals surface area (Å²) >= 11 is 3.17. The van der Waals surface area contributed by atoms with Gasteiger partial charge in [-0.25, -0.2) is 4.39 Å². The van der Waals surface area contributed by atoms with Gasteiger partial charge < -0.3 is 4.42 Å². The number of furan rings is 1. The van der Waals surface area contributed by atoms with E-state index < -0.39 is 11.6 Å². The number of aryl methyl sites for hydroxylation is 1. The SMILES string of the molecule is Cc1ccc(F)c(C(=O)c2occc2Br)c1. The fraction of sp³-hybridized carbons (Fsp3) is 0.0833. The summed E-state index contributed by atoms with van der Waals surface area (Å²) in [4.78, 5) is 11.9. The summed E-state index contributed by atoms with van der Waals surface area (Å²) in [6, 6.07) is 6.00. The van der Waals surface area contributed by atoms with E-state index in [1.807, 2.05) is 0 Å². The van der Waals surface area contributed by atoms with Crippen molar-refractivity contribution in [1.82, 2.24) is 0 Å². The quantitative estimate of drug-likeness (QED) is 0.786. The molecule has 0 unspecified atom stereocenters. The summed E-state index contributed by atoms with van der Waals surface area (Å²) < 4.78 is 19.0. The maximum absolute atomic E-state index is 13.5. The minimum absolute atomic E-state index is 0.0238. The van der Waals surface area contributed by atoms with Crippen LogP contribution in [0.1, 0.15) is 21.7 Å². The zero-order valence-corrected chi connectivity index (χ0v) is 10.0. The number of hydrogen-bond donors (Lipinski definition) is 0. The van der Waals surface area contributed by atoms with Crippen molar-refractivity contribution in [2.45, 2.75) is 6.92 Å². The Kier molecular flexibility index (Phi) is 2.92. The van der Waals surface area contributed by atoms with E-state index in [4.69, 9.17) is 4.42 Å². The normalized spacial score (nSPS) is 10.4. The number of ketones is 1. The highest BCUT2D eigenvalue weighted by Crippen LogP contribution is 2.22. The average Bonchev–Trinajstić information content (AvgIpc) is 2.67. The number of hydrogen-bond acceptors (Lipinski definition) is 2. The van der Waals surface area contributed by atoms with Crippen molar-refractivity contribution in [1.29, 1.82) is 0 Å². The van der Waals surface area contributed by atoms with Crippen molar-refractivity contribution in [3.8, 4) is 0 Å². The molecule has 0 aliphatic rings. The van der Waals surface area contributed by atoms with Gasteiger partial charge in [0.15, 0.2) is 5.76 Å². The van der Waals surface area contributed by atoms with E-state index in [-0.39, 0.29) is 11.3 Å². The summed E-state index contributed by atoms with van der Waals surface area (Å²) in [5.41, 5.74) is 0.850. The summed E-state index contributed by atoms with van der Waals surface area (Å²) in [5.74, 6) is -0.888. The molecule has 0 spiro atoms. The van der Waals surface area contributed by atoms with Crippen molar-refractivity contribution in [3.05, 3.63) is 57.7 Å². The van der Waals surface area contributed by atoms with E-state index in [2.05, 4.69) is 15.9 Å². The molecule has 2 nitrogen and oxygen atoms in total. The fourth-order valence-corrected chi connectivity index (χ4v) is 1.77. The highest BCUT2D eigenvalue weighted by atomic mass is 79.9. The molecule has 1 aromatic heterocycles. The third-order valence-corrected chi connectivity index (χ3v) is 2.81. The molecule has 0 atom stereocenters. The lowest BCUT2D eigenvalue weighted by atomic mass is 10.1. The number of carbonyl (C=O) groups excluding carboxylic acids is 1. The second kappa shape index (κ2) is 4.22. The zero-order chi connectivity index (χ0) is 11.7. The molecule has 0 aliphatic heterocycles. The molecule has 16 heavy (non-hydrogen) atoms. The minimum atomic E-state index is -0.543. The van der Waals surface area contributed by atoms with Gasteiger partial charge >= 0.3 is 0 Å². The van der Waals surface area contributed by atoms with E-state index in [0.717, 1.165) is 5.56 Å². The highest BCUT2D eigenvalue weighted by molar-refractivity contribution is 9.10. The predicted molar refractivity (Wildman–Crippen MR) is 61.0 cm³/mol. The lowest BCUT2D eigenvalue weighted by molar-refractivity contribution is 0.100. The van der Waals surface area contributed by atoms with Gasteiger partial charge in [-0.15, -0.1) is 0 Å². The smallest absolute Gasteiger partial charge is 0.232 e. The van der Waals surface area contributed by atoms with E-state index in [1.54, 1.807) is 19.1 Å². The molecule has 2 aromatic rings. The average molecular weight is 283 g/mol. The Morgan fingerprint density at radius 3 is 2.75 bits per heavy atom. The molecule has 82 valence electrons. The van der Waals surface area contributed by atoms with E-state index in [9.17, 15) is 9.18 Å². The molecule has 0 aliphatic carbocycles. The van der Waals surface area contributed by atoms with Gasteiger partial charge in [0.05, 0.1) is 16.3 Å². The van der Waals surface area contributed by atoms with Crippen LogP contribution in [0.2, 0.25) is 0 Å². The largest absolute Gasteiger partial charge is 0.460 e. The molecule has 1 heterocycles. The first-order valence-corrected chi connectivity index (χ1v) is 5.42. The third-order valence-electron chi connectivity index (χ3n) is 2.19. The molecule has 1 aromatic carbocycles. The Labute approximate surface area is 100 Å². The zero-order valence-electron chi connectivity index (χ0n) is 8.46. The summed E-state index contributed by atoms with van der Waals surface area (Å²) in [7, 11) is 0. The van der Waals surface area contributed by atoms with Crippen LogP contribution >= 0.6 is 15.9 Å². The number of carbonyl (C=O) groups is 1. The maximum atomic E-state index is 13.5. The van der Waals surface area contributed by atoms with Gasteiger partial charge in [0.2, 0.25) is 5.78 Å². The standard InChI is InChI=1S/C12H8BrFO2/c1-7-2-3-10(14)8(6-7)11(15)12-9(13)4-5-16-12/h2-6H,1H3. The van der Waals surface area contributed by atoms with Crippen LogP contribution in [0.25, 0.3) is 0 Å². The van der Waals surface area contributed by atoms with Crippen LogP contribution in [0, 0.1) is 12.7 Å². The lowest BCUT2D eigenvalue weighted by Crippen LogP contribution is -2.04. The second-order valence-electron chi connectivity index (χ2n) is 3.41. The van der Waals surface area contributed by atoms with Gasteiger partial charge in [0.25, 0.3) is 0 Å². The van der Waals surface area contributed by atoms with Gasteiger partial charge in [-0.2, -0.15) is 0 Å². The van der Waals surface area contributed by atoms with Crippen molar-refractivity contribution in [3.63, 3.8) is 0 Å². The van der Waals surface area contributed by atoms with E-state index in [1.165, 1.54) is 18.4 Å². The number of benzene rings is 1. The van der Waals surface area contributed by atoms with Crippen molar-refractivity contribution in [2.75, 3.05) is 0 Å². The predicted octanol–water partition coefficient (Wildman–Crippen LogP) is 3.72. The van der Waals surface area contributed by atoms with Gasteiger partial charge in [0, 0.05) is 0 Å². The summed E-state index contributed by atoms with van der Waals surface area (Å²) in [6.07, 6.45) is 1.38.